The molecule has 3 nitrogen and oxygen atoms in total. The summed E-state index contributed by atoms with van der Waals surface area (Å²) in [6.45, 7) is 4.29. The van der Waals surface area contributed by atoms with E-state index in [1.165, 1.54) is 35.1 Å². The number of hydrogen-bond acceptors (Lipinski definition) is 3. The number of nitrogen functional groups attached to an aromatic ring is 1. The van der Waals surface area contributed by atoms with E-state index in [0.29, 0.717) is 5.95 Å². The maximum absolute atomic E-state index is 5.89. The van der Waals surface area contributed by atoms with Crippen LogP contribution in [0, 0.1) is 13.8 Å². The van der Waals surface area contributed by atoms with Gasteiger partial charge in [0.2, 0.25) is 5.95 Å². The molecule has 0 saturated heterocycles. The maximum Gasteiger partial charge on any atom is 0.220 e. The van der Waals surface area contributed by atoms with E-state index in [0.717, 1.165) is 24.2 Å². The van der Waals surface area contributed by atoms with Crippen LogP contribution in [0.1, 0.15) is 35.2 Å². The minimum absolute atomic E-state index is 0.400. The van der Waals surface area contributed by atoms with Gasteiger partial charge in [0.25, 0.3) is 0 Å². The van der Waals surface area contributed by atoms with Crippen molar-refractivity contribution in [1.29, 1.82) is 0 Å². The summed E-state index contributed by atoms with van der Waals surface area (Å²) >= 11 is 0. The monoisotopic (exact) mass is 253 g/mol. The van der Waals surface area contributed by atoms with Gasteiger partial charge >= 0.3 is 0 Å². The Labute approximate surface area is 113 Å². The standard InChI is InChI=1S/C16H19N3/c1-10-6-5-8-12(11(10)2)15-13-7-3-4-9-14(13)18-16(17)19-15/h5-6,8H,3-4,7,9H2,1-2H3,(H2,17,18,19). The molecule has 0 saturated carbocycles. The number of benzene rings is 1. The van der Waals surface area contributed by atoms with Crippen molar-refractivity contribution in [3.8, 4) is 11.3 Å². The zero-order chi connectivity index (χ0) is 13.4. The normalized spacial score (nSPS) is 14.2. The second-order valence-corrected chi connectivity index (χ2v) is 5.31. The molecule has 1 aliphatic rings. The fourth-order valence-corrected chi connectivity index (χ4v) is 2.84. The van der Waals surface area contributed by atoms with Crippen molar-refractivity contribution in [2.75, 3.05) is 5.73 Å². The Morgan fingerprint density at radius 3 is 2.68 bits per heavy atom. The molecule has 3 heteroatoms. The highest BCUT2D eigenvalue weighted by molar-refractivity contribution is 5.69. The lowest BCUT2D eigenvalue weighted by Crippen LogP contribution is -2.12. The maximum atomic E-state index is 5.89. The minimum Gasteiger partial charge on any atom is -0.368 e. The summed E-state index contributed by atoms with van der Waals surface area (Å²) in [6, 6.07) is 6.36. The molecule has 0 atom stereocenters. The van der Waals surface area contributed by atoms with Crippen molar-refractivity contribution in [3.05, 3.63) is 40.6 Å². The number of aryl methyl sites for hydroxylation is 2. The Kier molecular flexibility index (Phi) is 2.97. The van der Waals surface area contributed by atoms with Crippen LogP contribution < -0.4 is 5.73 Å². The van der Waals surface area contributed by atoms with Crippen LogP contribution >= 0.6 is 0 Å². The van der Waals surface area contributed by atoms with E-state index >= 15 is 0 Å². The molecular formula is C16H19N3. The van der Waals surface area contributed by atoms with E-state index < -0.39 is 0 Å². The van der Waals surface area contributed by atoms with E-state index in [-0.39, 0.29) is 0 Å². The Bertz CT molecular complexity index is 632. The van der Waals surface area contributed by atoms with Gasteiger partial charge in [0.1, 0.15) is 0 Å². The van der Waals surface area contributed by atoms with Gasteiger partial charge < -0.3 is 5.73 Å². The van der Waals surface area contributed by atoms with Crippen molar-refractivity contribution >= 4 is 5.95 Å². The molecule has 0 aliphatic heterocycles. The Balaban J connectivity index is 2.24. The predicted octanol–water partition coefficient (Wildman–Crippen LogP) is 3.22. The first-order chi connectivity index (χ1) is 9.16. The molecule has 2 N–H and O–H groups in total. The average Bonchev–Trinajstić information content (AvgIpc) is 2.41. The zero-order valence-corrected chi connectivity index (χ0v) is 11.5. The Morgan fingerprint density at radius 1 is 1.05 bits per heavy atom. The van der Waals surface area contributed by atoms with Gasteiger partial charge in [0.05, 0.1) is 5.69 Å². The summed E-state index contributed by atoms with van der Waals surface area (Å²) in [5.41, 5.74) is 13.2. The molecule has 3 rings (SSSR count). The molecule has 98 valence electrons. The molecule has 1 aromatic carbocycles. The van der Waals surface area contributed by atoms with Crippen LogP contribution in [0.15, 0.2) is 18.2 Å². The van der Waals surface area contributed by atoms with Crippen molar-refractivity contribution in [2.45, 2.75) is 39.5 Å². The van der Waals surface area contributed by atoms with Gasteiger partial charge in [-0.05, 0) is 50.7 Å². The van der Waals surface area contributed by atoms with Crippen LogP contribution in [0.2, 0.25) is 0 Å². The van der Waals surface area contributed by atoms with Crippen LogP contribution in [0.5, 0.6) is 0 Å². The van der Waals surface area contributed by atoms with Crippen LogP contribution in [-0.4, -0.2) is 9.97 Å². The lowest BCUT2D eigenvalue weighted by atomic mass is 9.90. The number of aromatic nitrogens is 2. The van der Waals surface area contributed by atoms with Crippen LogP contribution in [-0.2, 0) is 12.8 Å². The molecule has 0 unspecified atom stereocenters. The number of anilines is 1. The summed E-state index contributed by atoms with van der Waals surface area (Å²) < 4.78 is 0. The van der Waals surface area contributed by atoms with Crippen molar-refractivity contribution in [1.82, 2.24) is 9.97 Å². The highest BCUT2D eigenvalue weighted by atomic mass is 15.0. The first-order valence-corrected chi connectivity index (χ1v) is 6.88. The van der Waals surface area contributed by atoms with E-state index in [1.54, 1.807) is 0 Å². The van der Waals surface area contributed by atoms with Crippen LogP contribution in [0.4, 0.5) is 5.95 Å². The van der Waals surface area contributed by atoms with Gasteiger partial charge in [-0.1, -0.05) is 18.2 Å². The fraction of sp³-hybridized carbons (Fsp3) is 0.375. The lowest BCUT2D eigenvalue weighted by molar-refractivity contribution is 0.665. The largest absolute Gasteiger partial charge is 0.368 e. The number of fused-ring (bicyclic) bond motifs is 1. The molecule has 0 radical (unpaired) electrons. The molecule has 2 aromatic rings. The zero-order valence-electron chi connectivity index (χ0n) is 11.5. The van der Waals surface area contributed by atoms with Crippen molar-refractivity contribution in [3.63, 3.8) is 0 Å². The second kappa shape index (κ2) is 4.65. The Morgan fingerprint density at radius 2 is 1.84 bits per heavy atom. The van der Waals surface area contributed by atoms with Gasteiger partial charge in [-0.3, -0.25) is 0 Å². The number of hydrogen-bond donors (Lipinski definition) is 1. The lowest BCUT2D eigenvalue weighted by Gasteiger charge is -2.19. The molecule has 1 aliphatic carbocycles. The van der Waals surface area contributed by atoms with E-state index in [2.05, 4.69) is 42.0 Å². The van der Waals surface area contributed by atoms with E-state index in [4.69, 9.17) is 5.73 Å². The number of rotatable bonds is 1. The molecule has 0 bridgehead atoms. The van der Waals surface area contributed by atoms with Gasteiger partial charge in [-0.2, -0.15) is 0 Å². The minimum atomic E-state index is 0.400. The number of nitrogens with zero attached hydrogens (tertiary/aromatic N) is 2. The molecular weight excluding hydrogens is 234 g/mol. The predicted molar refractivity (Wildman–Crippen MR) is 78.0 cm³/mol. The third kappa shape index (κ3) is 2.09. The summed E-state index contributed by atoms with van der Waals surface area (Å²) in [4.78, 5) is 8.94. The molecule has 0 spiro atoms. The fourth-order valence-electron chi connectivity index (χ4n) is 2.84. The summed E-state index contributed by atoms with van der Waals surface area (Å²) in [5, 5.41) is 0. The van der Waals surface area contributed by atoms with Crippen molar-refractivity contribution in [2.24, 2.45) is 0 Å². The molecule has 1 heterocycles. The SMILES string of the molecule is Cc1cccc(-c2nc(N)nc3c2CCCC3)c1C. The van der Waals surface area contributed by atoms with E-state index in [9.17, 15) is 0 Å². The molecule has 0 fully saturated rings. The number of nitrogens with two attached hydrogens (primary N) is 1. The molecule has 19 heavy (non-hydrogen) atoms. The van der Waals surface area contributed by atoms with Crippen LogP contribution in [0.3, 0.4) is 0 Å². The topological polar surface area (TPSA) is 51.8 Å². The smallest absolute Gasteiger partial charge is 0.220 e. The third-order valence-corrected chi connectivity index (χ3v) is 4.06. The van der Waals surface area contributed by atoms with Gasteiger partial charge in [0.15, 0.2) is 0 Å². The first-order valence-electron chi connectivity index (χ1n) is 6.88. The molecule has 1 aromatic heterocycles. The highest BCUT2D eigenvalue weighted by Gasteiger charge is 2.19. The quantitative estimate of drug-likeness (QED) is 0.849. The Hall–Kier alpha value is -1.90. The highest BCUT2D eigenvalue weighted by Crippen LogP contribution is 2.32. The van der Waals surface area contributed by atoms with Gasteiger partial charge in [0, 0.05) is 16.8 Å². The van der Waals surface area contributed by atoms with Gasteiger partial charge in [-0.15, -0.1) is 0 Å². The average molecular weight is 253 g/mol. The second-order valence-electron chi connectivity index (χ2n) is 5.31. The van der Waals surface area contributed by atoms with Crippen LogP contribution in [0.25, 0.3) is 11.3 Å². The summed E-state index contributed by atoms with van der Waals surface area (Å²) in [5.74, 6) is 0.400. The third-order valence-electron chi connectivity index (χ3n) is 4.06. The van der Waals surface area contributed by atoms with E-state index in [1.807, 2.05) is 0 Å². The van der Waals surface area contributed by atoms with Crippen molar-refractivity contribution < 1.29 is 0 Å². The summed E-state index contributed by atoms with van der Waals surface area (Å²) in [6.07, 6.45) is 4.52. The molecule has 0 amide bonds. The van der Waals surface area contributed by atoms with Gasteiger partial charge in [-0.25, -0.2) is 9.97 Å². The summed E-state index contributed by atoms with van der Waals surface area (Å²) in [7, 11) is 0. The first kappa shape index (κ1) is 12.2.